The van der Waals surface area contributed by atoms with Crippen LogP contribution in [0, 0.1) is 17.7 Å². The standard InChI is InChI=1S/C23H32FN3O2/c24-19-10-5-11-20(16-19)25-22(28)21(17-6-1-2-7-17)26-12-14-27(15-13-26)23(29)18-8-3-4-9-18/h5,10-11,16-18,21H,1-4,6-9,12-15H2,(H,25,28). The van der Waals surface area contributed by atoms with Crippen LogP contribution >= 0.6 is 0 Å². The van der Waals surface area contributed by atoms with Crippen molar-refractivity contribution in [2.75, 3.05) is 31.5 Å². The predicted octanol–water partition coefficient (Wildman–Crippen LogP) is 3.66. The molecule has 1 heterocycles. The van der Waals surface area contributed by atoms with Crippen LogP contribution in [0.25, 0.3) is 0 Å². The van der Waals surface area contributed by atoms with Crippen molar-refractivity contribution in [2.45, 2.75) is 57.4 Å². The summed E-state index contributed by atoms with van der Waals surface area (Å²) in [6, 6.07) is 5.88. The Bertz CT molecular complexity index is 721. The monoisotopic (exact) mass is 401 g/mol. The summed E-state index contributed by atoms with van der Waals surface area (Å²) in [4.78, 5) is 30.2. The molecule has 2 aliphatic carbocycles. The third-order valence-corrected chi connectivity index (χ3v) is 6.93. The average molecular weight is 402 g/mol. The molecule has 1 saturated heterocycles. The lowest BCUT2D eigenvalue weighted by Gasteiger charge is -2.41. The van der Waals surface area contributed by atoms with Gasteiger partial charge in [0.15, 0.2) is 0 Å². The third kappa shape index (κ3) is 4.80. The molecule has 29 heavy (non-hydrogen) atoms. The van der Waals surface area contributed by atoms with E-state index in [1.165, 1.54) is 25.0 Å². The number of carbonyl (C=O) groups excluding carboxylic acids is 2. The van der Waals surface area contributed by atoms with E-state index in [-0.39, 0.29) is 23.7 Å². The predicted molar refractivity (Wildman–Crippen MR) is 111 cm³/mol. The minimum atomic E-state index is -0.348. The van der Waals surface area contributed by atoms with E-state index in [1.807, 2.05) is 4.90 Å². The van der Waals surface area contributed by atoms with Crippen molar-refractivity contribution >= 4 is 17.5 Å². The highest BCUT2D eigenvalue weighted by molar-refractivity contribution is 5.95. The molecular formula is C23H32FN3O2. The highest BCUT2D eigenvalue weighted by Crippen LogP contribution is 2.32. The summed E-state index contributed by atoms with van der Waals surface area (Å²) in [7, 11) is 0. The zero-order chi connectivity index (χ0) is 20.2. The second-order valence-electron chi connectivity index (χ2n) is 8.83. The van der Waals surface area contributed by atoms with Crippen molar-refractivity contribution in [2.24, 2.45) is 11.8 Å². The maximum absolute atomic E-state index is 13.5. The molecule has 0 radical (unpaired) electrons. The van der Waals surface area contributed by atoms with Gasteiger partial charge in [0.25, 0.3) is 0 Å². The molecule has 158 valence electrons. The van der Waals surface area contributed by atoms with Crippen LogP contribution in [0.4, 0.5) is 10.1 Å². The highest BCUT2D eigenvalue weighted by Gasteiger charge is 2.38. The summed E-state index contributed by atoms with van der Waals surface area (Å²) in [5.41, 5.74) is 0.507. The van der Waals surface area contributed by atoms with Crippen LogP contribution in [-0.4, -0.2) is 53.8 Å². The third-order valence-electron chi connectivity index (χ3n) is 6.93. The Morgan fingerprint density at radius 2 is 1.62 bits per heavy atom. The van der Waals surface area contributed by atoms with Gasteiger partial charge in [0.1, 0.15) is 5.82 Å². The molecule has 1 aromatic carbocycles. The maximum atomic E-state index is 13.5. The molecule has 0 aromatic heterocycles. The molecule has 5 nitrogen and oxygen atoms in total. The first-order chi connectivity index (χ1) is 14.1. The number of hydrogen-bond acceptors (Lipinski definition) is 3. The molecule has 1 atom stereocenters. The van der Waals surface area contributed by atoms with Crippen LogP contribution in [0.3, 0.4) is 0 Å². The number of anilines is 1. The highest BCUT2D eigenvalue weighted by atomic mass is 19.1. The number of amides is 2. The minimum Gasteiger partial charge on any atom is -0.340 e. The van der Waals surface area contributed by atoms with Crippen molar-refractivity contribution in [3.8, 4) is 0 Å². The first kappa shape index (κ1) is 20.3. The fourth-order valence-electron chi connectivity index (χ4n) is 5.39. The van der Waals surface area contributed by atoms with Crippen molar-refractivity contribution in [1.29, 1.82) is 0 Å². The van der Waals surface area contributed by atoms with Gasteiger partial charge in [-0.3, -0.25) is 14.5 Å². The fraction of sp³-hybridized carbons (Fsp3) is 0.652. The van der Waals surface area contributed by atoms with Crippen LogP contribution in [-0.2, 0) is 9.59 Å². The van der Waals surface area contributed by atoms with Gasteiger partial charge in [-0.25, -0.2) is 4.39 Å². The second-order valence-corrected chi connectivity index (χ2v) is 8.83. The van der Waals surface area contributed by atoms with Gasteiger partial charge in [-0.15, -0.1) is 0 Å². The summed E-state index contributed by atoms with van der Waals surface area (Å²) in [6.07, 6.45) is 8.83. The first-order valence-corrected chi connectivity index (χ1v) is 11.2. The quantitative estimate of drug-likeness (QED) is 0.819. The van der Waals surface area contributed by atoms with E-state index in [4.69, 9.17) is 0 Å². The zero-order valence-electron chi connectivity index (χ0n) is 17.1. The van der Waals surface area contributed by atoms with Gasteiger partial charge in [-0.1, -0.05) is 31.7 Å². The Morgan fingerprint density at radius 3 is 2.28 bits per heavy atom. The van der Waals surface area contributed by atoms with Crippen molar-refractivity contribution in [1.82, 2.24) is 9.80 Å². The van der Waals surface area contributed by atoms with Crippen LogP contribution in [0.5, 0.6) is 0 Å². The SMILES string of the molecule is O=C(Nc1cccc(F)c1)C(C1CCCC1)N1CCN(C(=O)C2CCCC2)CC1. The van der Waals surface area contributed by atoms with Gasteiger partial charge in [-0.05, 0) is 49.8 Å². The number of carbonyl (C=O) groups is 2. The van der Waals surface area contributed by atoms with Crippen LogP contribution in [0.2, 0.25) is 0 Å². The summed E-state index contributed by atoms with van der Waals surface area (Å²) in [6.45, 7) is 2.87. The molecule has 2 amide bonds. The van der Waals surface area contributed by atoms with Crippen molar-refractivity contribution in [3.63, 3.8) is 0 Å². The van der Waals surface area contributed by atoms with E-state index in [1.54, 1.807) is 12.1 Å². The number of benzene rings is 1. The molecule has 1 aromatic rings. The molecule has 0 spiro atoms. The number of hydrogen-bond donors (Lipinski definition) is 1. The van der Waals surface area contributed by atoms with Crippen molar-refractivity contribution in [3.05, 3.63) is 30.1 Å². The van der Waals surface area contributed by atoms with E-state index in [2.05, 4.69) is 10.2 Å². The van der Waals surface area contributed by atoms with E-state index in [0.29, 0.717) is 30.6 Å². The molecular weight excluding hydrogens is 369 g/mol. The summed E-state index contributed by atoms with van der Waals surface area (Å²) in [5.74, 6) is 0.463. The number of halogens is 1. The largest absolute Gasteiger partial charge is 0.340 e. The molecule has 1 N–H and O–H groups in total. The van der Waals surface area contributed by atoms with E-state index >= 15 is 0 Å². The molecule has 3 fully saturated rings. The molecule has 3 aliphatic rings. The van der Waals surface area contributed by atoms with Gasteiger partial charge in [0.05, 0.1) is 6.04 Å². The molecule has 1 aliphatic heterocycles. The Morgan fingerprint density at radius 1 is 0.966 bits per heavy atom. The van der Waals surface area contributed by atoms with Crippen molar-refractivity contribution < 1.29 is 14.0 Å². The number of nitrogens with zero attached hydrogens (tertiary/aromatic N) is 2. The van der Waals surface area contributed by atoms with Gasteiger partial charge >= 0.3 is 0 Å². The Balaban J connectivity index is 1.40. The number of rotatable bonds is 5. The molecule has 0 bridgehead atoms. The Kier molecular flexibility index (Phi) is 6.48. The molecule has 2 saturated carbocycles. The Labute approximate surface area is 172 Å². The van der Waals surface area contributed by atoms with Crippen LogP contribution in [0.15, 0.2) is 24.3 Å². The Hall–Kier alpha value is -1.95. The number of nitrogens with one attached hydrogen (secondary N) is 1. The normalized spacial score (nSPS) is 22.7. The molecule has 1 unspecified atom stereocenters. The zero-order valence-corrected chi connectivity index (χ0v) is 17.1. The topological polar surface area (TPSA) is 52.7 Å². The van der Waals surface area contributed by atoms with Gasteiger partial charge in [0, 0.05) is 37.8 Å². The van der Waals surface area contributed by atoms with Crippen LogP contribution < -0.4 is 5.32 Å². The lowest BCUT2D eigenvalue weighted by Crippen LogP contribution is -2.57. The first-order valence-electron chi connectivity index (χ1n) is 11.2. The van der Waals surface area contributed by atoms with E-state index < -0.39 is 0 Å². The second kappa shape index (κ2) is 9.24. The average Bonchev–Trinajstić information content (AvgIpc) is 3.43. The lowest BCUT2D eigenvalue weighted by atomic mass is 9.94. The summed E-state index contributed by atoms with van der Waals surface area (Å²) >= 11 is 0. The smallest absolute Gasteiger partial charge is 0.242 e. The lowest BCUT2D eigenvalue weighted by molar-refractivity contribution is -0.138. The molecule has 4 rings (SSSR count). The number of piperazine rings is 1. The fourth-order valence-corrected chi connectivity index (χ4v) is 5.39. The van der Waals surface area contributed by atoms with Gasteiger partial charge in [0.2, 0.25) is 11.8 Å². The maximum Gasteiger partial charge on any atom is 0.242 e. The van der Waals surface area contributed by atoms with Crippen LogP contribution in [0.1, 0.15) is 51.4 Å². The molecule has 6 heteroatoms. The minimum absolute atomic E-state index is 0.0435. The van der Waals surface area contributed by atoms with Gasteiger partial charge in [-0.2, -0.15) is 0 Å². The van der Waals surface area contributed by atoms with E-state index in [9.17, 15) is 14.0 Å². The summed E-state index contributed by atoms with van der Waals surface area (Å²) < 4.78 is 13.5. The van der Waals surface area contributed by atoms with Gasteiger partial charge < -0.3 is 10.2 Å². The summed E-state index contributed by atoms with van der Waals surface area (Å²) in [5, 5.41) is 2.93. The van der Waals surface area contributed by atoms with E-state index in [0.717, 1.165) is 51.6 Å².